The van der Waals surface area contributed by atoms with Crippen molar-refractivity contribution < 1.29 is 14.3 Å². The van der Waals surface area contributed by atoms with Crippen molar-refractivity contribution in [3.05, 3.63) is 120 Å². The molecule has 2 aromatic heterocycles. The number of aromatic amines is 1. The monoisotopic (exact) mass is 513 g/mol. The molecule has 0 amide bonds. The number of aromatic nitrogens is 2. The van der Waals surface area contributed by atoms with Gasteiger partial charge < -0.3 is 19.8 Å². The third-order valence-electron chi connectivity index (χ3n) is 6.73. The number of pyridine rings is 1. The van der Waals surface area contributed by atoms with Crippen LogP contribution in [0.2, 0.25) is 0 Å². The minimum atomic E-state index is -0.356. The fourth-order valence-electron chi connectivity index (χ4n) is 4.73. The number of H-pyrrole nitrogens is 1. The first-order valence-corrected chi connectivity index (χ1v) is 12.8. The van der Waals surface area contributed by atoms with Gasteiger partial charge in [-0.3, -0.25) is 4.98 Å². The summed E-state index contributed by atoms with van der Waals surface area (Å²) in [5.41, 5.74) is 6.45. The number of fused-ring (bicyclic) bond motifs is 4. The lowest BCUT2D eigenvalue weighted by Gasteiger charge is -2.13. The lowest BCUT2D eigenvalue weighted by atomic mass is 10.1. The van der Waals surface area contributed by atoms with Gasteiger partial charge in [-0.2, -0.15) is 0 Å². The Balaban J connectivity index is 1.27. The summed E-state index contributed by atoms with van der Waals surface area (Å²) in [7, 11) is 1.38. The van der Waals surface area contributed by atoms with Crippen LogP contribution in [0.15, 0.2) is 109 Å². The van der Waals surface area contributed by atoms with E-state index in [0.29, 0.717) is 18.7 Å². The van der Waals surface area contributed by atoms with Crippen LogP contribution >= 0.6 is 0 Å². The first-order chi connectivity index (χ1) is 19.2. The lowest BCUT2D eigenvalue weighted by Crippen LogP contribution is -2.12. The Bertz CT molecular complexity index is 1820. The third-order valence-corrected chi connectivity index (χ3v) is 6.73. The molecule has 6 nitrogen and oxygen atoms in total. The van der Waals surface area contributed by atoms with Crippen LogP contribution in [0.5, 0.6) is 5.75 Å². The fraction of sp³-hybridized carbons (Fsp3) is 0.0909. The van der Waals surface area contributed by atoms with Gasteiger partial charge in [-0.15, -0.1) is 0 Å². The van der Waals surface area contributed by atoms with Gasteiger partial charge in [0.1, 0.15) is 12.4 Å². The van der Waals surface area contributed by atoms with Gasteiger partial charge in [-0.1, -0.05) is 66.7 Å². The number of hydrogen-bond acceptors (Lipinski definition) is 5. The predicted octanol–water partition coefficient (Wildman–Crippen LogP) is 7.23. The summed E-state index contributed by atoms with van der Waals surface area (Å²) in [4.78, 5) is 19.9. The number of ether oxygens (including phenoxy) is 2. The van der Waals surface area contributed by atoms with Crippen molar-refractivity contribution in [3.8, 4) is 5.75 Å². The minimum Gasteiger partial charge on any atom is -0.487 e. The van der Waals surface area contributed by atoms with E-state index in [9.17, 15) is 4.79 Å². The van der Waals surface area contributed by atoms with Crippen LogP contribution in [0.25, 0.3) is 38.8 Å². The molecule has 39 heavy (non-hydrogen) atoms. The Labute approximate surface area is 225 Å². The van der Waals surface area contributed by atoms with Gasteiger partial charge in [0.15, 0.2) is 0 Å². The largest absolute Gasteiger partial charge is 0.487 e. The van der Waals surface area contributed by atoms with Crippen molar-refractivity contribution in [1.29, 1.82) is 0 Å². The smallest absolute Gasteiger partial charge is 0.337 e. The van der Waals surface area contributed by atoms with Crippen molar-refractivity contribution >= 4 is 50.4 Å². The molecule has 6 rings (SSSR count). The molecule has 0 radical (unpaired) electrons. The number of nitrogens with zero attached hydrogens (tertiary/aromatic N) is 1. The zero-order valence-electron chi connectivity index (χ0n) is 21.5. The zero-order valence-corrected chi connectivity index (χ0v) is 21.5. The van der Waals surface area contributed by atoms with E-state index in [0.717, 1.165) is 49.9 Å². The number of methoxy groups -OCH3 is 1. The third kappa shape index (κ3) is 5.18. The Morgan fingerprint density at radius 1 is 0.923 bits per heavy atom. The topological polar surface area (TPSA) is 76.2 Å². The number of para-hydroxylation sites is 3. The van der Waals surface area contributed by atoms with Gasteiger partial charge in [-0.25, -0.2) is 4.79 Å². The van der Waals surface area contributed by atoms with Crippen LogP contribution in [0, 0.1) is 0 Å². The highest BCUT2D eigenvalue weighted by Crippen LogP contribution is 2.31. The molecule has 192 valence electrons. The van der Waals surface area contributed by atoms with Crippen molar-refractivity contribution in [2.75, 3.05) is 25.6 Å². The average molecular weight is 514 g/mol. The van der Waals surface area contributed by atoms with Crippen molar-refractivity contribution in [2.45, 2.75) is 0 Å². The molecule has 6 aromatic rings. The molecule has 0 saturated carbocycles. The van der Waals surface area contributed by atoms with Gasteiger partial charge in [0.05, 0.1) is 35.6 Å². The van der Waals surface area contributed by atoms with Gasteiger partial charge in [0.25, 0.3) is 0 Å². The van der Waals surface area contributed by atoms with E-state index in [-0.39, 0.29) is 5.97 Å². The Morgan fingerprint density at radius 3 is 2.59 bits per heavy atom. The number of carbonyl (C=O) groups is 1. The summed E-state index contributed by atoms with van der Waals surface area (Å²) in [6, 6.07) is 31.9. The molecular formula is C33H27N3O3. The van der Waals surface area contributed by atoms with E-state index in [1.165, 1.54) is 12.5 Å². The molecule has 0 bridgehead atoms. The summed E-state index contributed by atoms with van der Waals surface area (Å²) in [6.07, 6.45) is 3.92. The Kier molecular flexibility index (Phi) is 6.66. The van der Waals surface area contributed by atoms with Gasteiger partial charge in [-0.05, 0) is 47.5 Å². The predicted molar refractivity (Wildman–Crippen MR) is 157 cm³/mol. The molecular weight excluding hydrogens is 486 g/mol. The van der Waals surface area contributed by atoms with Crippen LogP contribution in [0.1, 0.15) is 15.9 Å². The van der Waals surface area contributed by atoms with E-state index in [2.05, 4.69) is 51.7 Å². The second-order valence-corrected chi connectivity index (χ2v) is 9.32. The van der Waals surface area contributed by atoms with Crippen molar-refractivity contribution in [1.82, 2.24) is 9.97 Å². The number of nitrogens with one attached hydrogen (secondary N) is 2. The van der Waals surface area contributed by atoms with Crippen LogP contribution in [0.3, 0.4) is 0 Å². The summed E-state index contributed by atoms with van der Waals surface area (Å²) in [5, 5.41) is 6.88. The fourth-order valence-corrected chi connectivity index (χ4v) is 4.73. The second kappa shape index (κ2) is 10.7. The number of rotatable bonds is 8. The molecule has 0 spiro atoms. The highest BCUT2D eigenvalue weighted by molar-refractivity contribution is 6.09. The lowest BCUT2D eigenvalue weighted by molar-refractivity contribution is 0.0600. The first kappa shape index (κ1) is 24.2. The van der Waals surface area contributed by atoms with E-state index >= 15 is 0 Å². The molecule has 0 unspecified atom stereocenters. The number of hydrogen-bond donors (Lipinski definition) is 2. The van der Waals surface area contributed by atoms with Crippen LogP contribution in [0.4, 0.5) is 5.69 Å². The number of esters is 1. The van der Waals surface area contributed by atoms with Crippen LogP contribution in [-0.2, 0) is 4.74 Å². The average Bonchev–Trinajstić information content (AvgIpc) is 3.38. The maximum atomic E-state index is 11.9. The molecule has 4 aromatic carbocycles. The van der Waals surface area contributed by atoms with Gasteiger partial charge in [0.2, 0.25) is 0 Å². The van der Waals surface area contributed by atoms with Crippen LogP contribution in [-0.4, -0.2) is 36.2 Å². The molecule has 0 aliphatic heterocycles. The highest BCUT2D eigenvalue weighted by atomic mass is 16.5. The Hall–Kier alpha value is -5.10. The molecule has 0 saturated heterocycles. The van der Waals surface area contributed by atoms with E-state index in [1.807, 2.05) is 60.8 Å². The van der Waals surface area contributed by atoms with Gasteiger partial charge in [0, 0.05) is 28.2 Å². The molecule has 2 heterocycles. The van der Waals surface area contributed by atoms with Crippen LogP contribution < -0.4 is 10.1 Å². The maximum absolute atomic E-state index is 11.9. The maximum Gasteiger partial charge on any atom is 0.337 e. The SMILES string of the molecule is COC(=O)c1ccc(/C=C(\CNc2cnc3ccccc3c2)COc2cccc3c2[nH]c2ccccc23)cc1. The molecule has 6 heteroatoms. The van der Waals surface area contributed by atoms with E-state index < -0.39 is 0 Å². The minimum absolute atomic E-state index is 0.356. The number of benzene rings is 4. The summed E-state index contributed by atoms with van der Waals surface area (Å²) >= 11 is 0. The number of carbonyl (C=O) groups excluding carboxylic acids is 1. The summed E-state index contributed by atoms with van der Waals surface area (Å²) in [6.45, 7) is 0.933. The van der Waals surface area contributed by atoms with Crippen molar-refractivity contribution in [2.24, 2.45) is 0 Å². The quantitative estimate of drug-likeness (QED) is 0.210. The molecule has 0 atom stereocenters. The normalized spacial score (nSPS) is 11.7. The van der Waals surface area contributed by atoms with E-state index in [1.54, 1.807) is 12.1 Å². The summed E-state index contributed by atoms with van der Waals surface area (Å²) in [5.74, 6) is 0.439. The molecule has 2 N–H and O–H groups in total. The second-order valence-electron chi connectivity index (χ2n) is 9.32. The standard InChI is InChI=1S/C33H27N3O3/c1-38-33(37)24-15-13-22(14-16-24)17-23(19-34-26-18-25-7-2-4-10-29(25)35-20-26)21-39-31-12-6-9-28-27-8-3-5-11-30(27)36-32(28)31/h2-18,20,34,36H,19,21H2,1H3/b23-17+. The van der Waals surface area contributed by atoms with E-state index in [4.69, 9.17) is 9.47 Å². The first-order valence-electron chi connectivity index (χ1n) is 12.8. The van der Waals surface area contributed by atoms with Gasteiger partial charge >= 0.3 is 5.97 Å². The highest BCUT2D eigenvalue weighted by Gasteiger charge is 2.10. The molecule has 0 aliphatic rings. The van der Waals surface area contributed by atoms with Crippen molar-refractivity contribution in [3.63, 3.8) is 0 Å². The summed E-state index contributed by atoms with van der Waals surface area (Å²) < 4.78 is 11.2. The number of anilines is 1. The Morgan fingerprint density at radius 2 is 1.72 bits per heavy atom. The molecule has 0 aliphatic carbocycles. The zero-order chi connectivity index (χ0) is 26.6. The molecule has 0 fully saturated rings.